The molecule has 1 fully saturated rings. The van der Waals surface area contributed by atoms with Crippen LogP contribution >= 0.6 is 0 Å². The lowest BCUT2D eigenvalue weighted by molar-refractivity contribution is 0.174. The Hall–Kier alpha value is -2.89. The summed E-state index contributed by atoms with van der Waals surface area (Å²) in [5, 5.41) is 3.02. The highest BCUT2D eigenvalue weighted by atomic mass is 16.7. The smallest absolute Gasteiger partial charge is 0.317 e. The second kappa shape index (κ2) is 8.00. The molecule has 148 valence electrons. The van der Waals surface area contributed by atoms with E-state index in [0.29, 0.717) is 6.54 Å². The predicted molar refractivity (Wildman–Crippen MR) is 109 cm³/mol. The topological polar surface area (TPSA) is 54.0 Å². The summed E-state index contributed by atoms with van der Waals surface area (Å²) in [6, 6.07) is 12.2. The molecule has 6 nitrogen and oxygen atoms in total. The van der Waals surface area contributed by atoms with E-state index in [-0.39, 0.29) is 12.8 Å². The van der Waals surface area contributed by atoms with E-state index >= 15 is 0 Å². The number of carbonyl (C=O) groups is 1. The van der Waals surface area contributed by atoms with Crippen LogP contribution < -0.4 is 19.7 Å². The second-order valence-corrected chi connectivity index (χ2v) is 7.26. The van der Waals surface area contributed by atoms with Gasteiger partial charge in [0, 0.05) is 38.4 Å². The number of rotatable bonds is 4. The number of amides is 2. The number of hydrogen-bond acceptors (Lipinski definition) is 4. The maximum atomic E-state index is 12.6. The lowest BCUT2D eigenvalue weighted by Crippen LogP contribution is -2.52. The van der Waals surface area contributed by atoms with Crippen molar-refractivity contribution < 1.29 is 14.3 Å². The molecule has 2 heterocycles. The van der Waals surface area contributed by atoms with Crippen molar-refractivity contribution in [2.45, 2.75) is 26.8 Å². The Morgan fingerprint density at radius 3 is 2.64 bits per heavy atom. The van der Waals surface area contributed by atoms with E-state index in [9.17, 15) is 4.79 Å². The van der Waals surface area contributed by atoms with Crippen LogP contribution in [0, 0.1) is 6.92 Å². The van der Waals surface area contributed by atoms with Gasteiger partial charge in [-0.15, -0.1) is 0 Å². The number of urea groups is 1. The Bertz CT molecular complexity index is 860. The zero-order valence-corrected chi connectivity index (χ0v) is 16.5. The Morgan fingerprint density at radius 2 is 1.86 bits per heavy atom. The second-order valence-electron chi connectivity index (χ2n) is 7.26. The first-order valence-corrected chi connectivity index (χ1v) is 9.90. The Labute approximate surface area is 166 Å². The Kier molecular flexibility index (Phi) is 5.28. The van der Waals surface area contributed by atoms with Crippen molar-refractivity contribution in [2.24, 2.45) is 0 Å². The molecule has 0 unspecified atom stereocenters. The van der Waals surface area contributed by atoms with Crippen molar-refractivity contribution in [1.29, 1.82) is 0 Å². The molecule has 0 bridgehead atoms. The fourth-order valence-electron chi connectivity index (χ4n) is 3.93. The van der Waals surface area contributed by atoms with E-state index in [1.54, 1.807) is 0 Å². The van der Waals surface area contributed by atoms with Gasteiger partial charge in [-0.25, -0.2) is 4.79 Å². The summed E-state index contributed by atoms with van der Waals surface area (Å²) in [5.74, 6) is 1.50. The summed E-state index contributed by atoms with van der Waals surface area (Å²) in [7, 11) is 0. The number of ether oxygens (including phenoxy) is 2. The van der Waals surface area contributed by atoms with Gasteiger partial charge < -0.3 is 24.6 Å². The first-order valence-electron chi connectivity index (χ1n) is 9.90. The van der Waals surface area contributed by atoms with Gasteiger partial charge in [0.1, 0.15) is 0 Å². The van der Waals surface area contributed by atoms with E-state index in [1.807, 2.05) is 23.1 Å². The van der Waals surface area contributed by atoms with E-state index < -0.39 is 0 Å². The van der Waals surface area contributed by atoms with Gasteiger partial charge >= 0.3 is 6.03 Å². The van der Waals surface area contributed by atoms with Crippen molar-refractivity contribution in [2.75, 3.05) is 37.9 Å². The molecule has 0 radical (unpaired) electrons. The van der Waals surface area contributed by atoms with Gasteiger partial charge in [0.2, 0.25) is 6.79 Å². The average Bonchev–Trinajstić information content (AvgIpc) is 3.20. The molecule has 2 aliphatic heterocycles. The number of benzene rings is 2. The summed E-state index contributed by atoms with van der Waals surface area (Å²) < 4.78 is 10.7. The van der Waals surface area contributed by atoms with Crippen molar-refractivity contribution in [3.63, 3.8) is 0 Å². The number of aryl methyl sites for hydroxylation is 2. The molecule has 28 heavy (non-hydrogen) atoms. The number of hydrogen-bond donors (Lipinski definition) is 1. The molecule has 0 atom stereocenters. The van der Waals surface area contributed by atoms with Gasteiger partial charge in [0.15, 0.2) is 11.5 Å². The quantitative estimate of drug-likeness (QED) is 0.883. The summed E-state index contributed by atoms with van der Waals surface area (Å²) in [5.41, 5.74) is 5.02. The molecule has 4 rings (SSSR count). The van der Waals surface area contributed by atoms with E-state index in [1.165, 1.54) is 16.8 Å². The van der Waals surface area contributed by atoms with Crippen molar-refractivity contribution in [1.82, 2.24) is 10.2 Å². The minimum absolute atomic E-state index is 0.0159. The number of nitrogens with one attached hydrogen (secondary N) is 1. The van der Waals surface area contributed by atoms with Gasteiger partial charge in [0.05, 0.1) is 0 Å². The van der Waals surface area contributed by atoms with Crippen LogP contribution in [0.1, 0.15) is 23.6 Å². The molecule has 0 aliphatic carbocycles. The summed E-state index contributed by atoms with van der Waals surface area (Å²) in [6.07, 6.45) is 1.02. The zero-order chi connectivity index (χ0) is 19.5. The maximum Gasteiger partial charge on any atom is 0.317 e. The van der Waals surface area contributed by atoms with Gasteiger partial charge in [-0.05, 0) is 42.2 Å². The van der Waals surface area contributed by atoms with Crippen LogP contribution in [0.25, 0.3) is 0 Å². The monoisotopic (exact) mass is 381 g/mol. The number of fused-ring (bicyclic) bond motifs is 1. The third-order valence-corrected chi connectivity index (χ3v) is 5.47. The number of nitrogens with zero attached hydrogens (tertiary/aromatic N) is 2. The third-order valence-electron chi connectivity index (χ3n) is 5.47. The number of para-hydroxylation sites is 1. The highest BCUT2D eigenvalue weighted by Gasteiger charge is 2.23. The Morgan fingerprint density at radius 1 is 1.07 bits per heavy atom. The standard InChI is InChI=1S/C22H27N3O3/c1-3-18-6-4-5-16(2)21(18)24-9-11-25(12-10-24)22(26)23-14-17-7-8-19-20(13-17)28-15-27-19/h4-8,13H,3,9-12,14-15H2,1-2H3,(H,23,26). The molecule has 0 aromatic heterocycles. The van der Waals surface area contributed by atoms with E-state index in [2.05, 4.69) is 42.3 Å². The molecular weight excluding hydrogens is 354 g/mol. The molecule has 6 heteroatoms. The van der Waals surface area contributed by atoms with Gasteiger partial charge in [-0.3, -0.25) is 0 Å². The van der Waals surface area contributed by atoms with Crippen LogP contribution in [0.4, 0.5) is 10.5 Å². The highest BCUT2D eigenvalue weighted by Crippen LogP contribution is 2.32. The minimum Gasteiger partial charge on any atom is -0.454 e. The number of carbonyl (C=O) groups excluding carboxylic acids is 1. The molecule has 2 aromatic carbocycles. The fraction of sp³-hybridized carbons (Fsp3) is 0.409. The van der Waals surface area contributed by atoms with Crippen LogP contribution in [0.5, 0.6) is 11.5 Å². The molecule has 2 amide bonds. The van der Waals surface area contributed by atoms with E-state index in [0.717, 1.165) is 49.7 Å². The van der Waals surface area contributed by atoms with Gasteiger partial charge in [-0.1, -0.05) is 31.2 Å². The predicted octanol–water partition coefficient (Wildman–Crippen LogP) is 3.32. The molecule has 2 aromatic rings. The highest BCUT2D eigenvalue weighted by molar-refractivity contribution is 5.74. The fourth-order valence-corrected chi connectivity index (χ4v) is 3.93. The van der Waals surface area contributed by atoms with Crippen molar-refractivity contribution in [3.05, 3.63) is 53.1 Å². The lowest BCUT2D eigenvalue weighted by Gasteiger charge is -2.37. The molecule has 0 saturated carbocycles. The van der Waals surface area contributed by atoms with Crippen LogP contribution in [0.15, 0.2) is 36.4 Å². The normalized spacial score (nSPS) is 15.6. The molecule has 0 spiro atoms. The third kappa shape index (κ3) is 3.72. The largest absolute Gasteiger partial charge is 0.454 e. The number of piperazine rings is 1. The van der Waals surface area contributed by atoms with Crippen LogP contribution in [0.2, 0.25) is 0 Å². The lowest BCUT2D eigenvalue weighted by atomic mass is 10.0. The van der Waals surface area contributed by atoms with Crippen LogP contribution in [-0.4, -0.2) is 43.9 Å². The maximum absolute atomic E-state index is 12.6. The van der Waals surface area contributed by atoms with Crippen molar-refractivity contribution >= 4 is 11.7 Å². The summed E-state index contributed by atoms with van der Waals surface area (Å²) >= 11 is 0. The van der Waals surface area contributed by atoms with Crippen LogP contribution in [-0.2, 0) is 13.0 Å². The average molecular weight is 381 g/mol. The van der Waals surface area contributed by atoms with Crippen LogP contribution in [0.3, 0.4) is 0 Å². The van der Waals surface area contributed by atoms with Gasteiger partial charge in [0.25, 0.3) is 0 Å². The molecule has 2 aliphatic rings. The first-order chi connectivity index (χ1) is 13.7. The molecular formula is C22H27N3O3. The summed E-state index contributed by atoms with van der Waals surface area (Å²) in [6.45, 7) is 8.26. The minimum atomic E-state index is -0.0159. The van der Waals surface area contributed by atoms with E-state index in [4.69, 9.17) is 9.47 Å². The molecule has 1 N–H and O–H groups in total. The first kappa shape index (κ1) is 18.5. The molecule has 1 saturated heterocycles. The summed E-state index contributed by atoms with van der Waals surface area (Å²) in [4.78, 5) is 16.9. The van der Waals surface area contributed by atoms with Gasteiger partial charge in [-0.2, -0.15) is 0 Å². The zero-order valence-electron chi connectivity index (χ0n) is 16.5. The number of anilines is 1. The SMILES string of the molecule is CCc1cccc(C)c1N1CCN(C(=O)NCc2ccc3c(c2)OCO3)CC1. The Balaban J connectivity index is 1.32. The van der Waals surface area contributed by atoms with Crippen molar-refractivity contribution in [3.8, 4) is 11.5 Å².